The van der Waals surface area contributed by atoms with Gasteiger partial charge in [0.05, 0.1) is 5.56 Å². The molecule has 0 amide bonds. The van der Waals surface area contributed by atoms with Gasteiger partial charge in [0.2, 0.25) is 0 Å². The fourth-order valence-corrected chi connectivity index (χ4v) is 3.04. The minimum atomic E-state index is -4.28. The maximum absolute atomic E-state index is 13.2. The van der Waals surface area contributed by atoms with Crippen molar-refractivity contribution in [3.05, 3.63) is 29.3 Å². The Hall–Kier alpha value is -0.680. The normalized spacial score (nSPS) is 11.9. The Morgan fingerprint density at radius 2 is 1.86 bits per heavy atom. The van der Waals surface area contributed by atoms with Gasteiger partial charge in [0.1, 0.15) is 0 Å². The number of nitrogens with one attached hydrogen (secondary N) is 1. The Morgan fingerprint density at radius 1 is 1.10 bits per heavy atom. The van der Waals surface area contributed by atoms with Crippen LogP contribution in [0.2, 0.25) is 0 Å². The van der Waals surface area contributed by atoms with Crippen LogP contribution in [-0.4, -0.2) is 12.3 Å². The number of thioether (sulfide) groups is 1. The minimum absolute atomic E-state index is 0.345. The molecule has 0 heterocycles. The molecule has 0 saturated heterocycles. The Morgan fingerprint density at radius 3 is 2.48 bits per heavy atom. The third kappa shape index (κ3) is 6.74. The molecule has 0 aromatic heterocycles. The van der Waals surface area contributed by atoms with Crippen LogP contribution in [0.25, 0.3) is 0 Å². The zero-order chi connectivity index (χ0) is 15.7. The zero-order valence-electron chi connectivity index (χ0n) is 12.7. The molecule has 1 aromatic rings. The Kier molecular flexibility index (Phi) is 8.19. The molecule has 120 valence electrons. The van der Waals surface area contributed by atoms with Crippen molar-refractivity contribution in [1.29, 1.82) is 0 Å². The van der Waals surface area contributed by atoms with E-state index in [1.54, 1.807) is 12.1 Å². The number of alkyl halides is 3. The first-order chi connectivity index (χ1) is 9.99. The van der Waals surface area contributed by atoms with Crippen LogP contribution >= 0.6 is 11.8 Å². The van der Waals surface area contributed by atoms with Crippen molar-refractivity contribution in [2.45, 2.75) is 57.1 Å². The van der Waals surface area contributed by atoms with Crippen LogP contribution in [0.3, 0.4) is 0 Å². The van der Waals surface area contributed by atoms with E-state index in [0.717, 1.165) is 38.0 Å². The van der Waals surface area contributed by atoms with Gasteiger partial charge in [-0.05, 0) is 42.8 Å². The Labute approximate surface area is 129 Å². The highest BCUT2D eigenvalue weighted by atomic mass is 32.2. The molecule has 1 N–H and O–H groups in total. The van der Waals surface area contributed by atoms with Gasteiger partial charge in [-0.25, -0.2) is 0 Å². The second kappa shape index (κ2) is 9.36. The molecule has 0 saturated carbocycles. The van der Waals surface area contributed by atoms with E-state index in [2.05, 4.69) is 12.2 Å². The van der Waals surface area contributed by atoms with Gasteiger partial charge < -0.3 is 5.32 Å². The van der Waals surface area contributed by atoms with Gasteiger partial charge in [0, 0.05) is 11.4 Å². The minimum Gasteiger partial charge on any atom is -0.313 e. The van der Waals surface area contributed by atoms with Crippen molar-refractivity contribution >= 4 is 11.8 Å². The van der Waals surface area contributed by atoms with Crippen molar-refractivity contribution in [3.8, 4) is 0 Å². The predicted octanol–water partition coefficient (Wildman–Crippen LogP) is 5.49. The van der Waals surface area contributed by atoms with Crippen LogP contribution < -0.4 is 5.32 Å². The van der Waals surface area contributed by atoms with Crippen LogP contribution in [-0.2, 0) is 12.7 Å². The molecule has 0 atom stereocenters. The third-order valence-electron chi connectivity index (χ3n) is 3.11. The van der Waals surface area contributed by atoms with E-state index in [0.29, 0.717) is 17.0 Å². The van der Waals surface area contributed by atoms with Crippen LogP contribution in [0.1, 0.15) is 50.7 Å². The number of hydrogen-bond acceptors (Lipinski definition) is 2. The summed E-state index contributed by atoms with van der Waals surface area (Å²) in [6.45, 7) is 5.42. The van der Waals surface area contributed by atoms with Gasteiger partial charge in [0.15, 0.2) is 0 Å². The molecule has 1 aromatic carbocycles. The van der Waals surface area contributed by atoms with E-state index in [-0.39, 0.29) is 0 Å². The summed E-state index contributed by atoms with van der Waals surface area (Å²) in [4.78, 5) is 0.345. The lowest BCUT2D eigenvalue weighted by Gasteiger charge is -2.14. The van der Waals surface area contributed by atoms with E-state index >= 15 is 0 Å². The van der Waals surface area contributed by atoms with Crippen LogP contribution in [0.4, 0.5) is 13.2 Å². The number of hydrogen-bond donors (Lipinski definition) is 1. The molecule has 0 spiro atoms. The van der Waals surface area contributed by atoms with Crippen molar-refractivity contribution in [3.63, 3.8) is 0 Å². The van der Waals surface area contributed by atoms with Crippen molar-refractivity contribution in [1.82, 2.24) is 5.32 Å². The maximum Gasteiger partial charge on any atom is 0.417 e. The lowest BCUT2D eigenvalue weighted by atomic mass is 10.1. The molecule has 21 heavy (non-hydrogen) atoms. The molecule has 5 heteroatoms. The highest BCUT2D eigenvalue weighted by molar-refractivity contribution is 7.99. The molecule has 0 radical (unpaired) electrons. The summed E-state index contributed by atoms with van der Waals surface area (Å²) in [7, 11) is 0. The SMILES string of the molecule is CCCCCSc1ccc(CNCCC)cc1C(F)(F)F. The topological polar surface area (TPSA) is 12.0 Å². The largest absolute Gasteiger partial charge is 0.417 e. The molecule has 0 bridgehead atoms. The van der Waals surface area contributed by atoms with E-state index in [1.165, 1.54) is 17.8 Å². The summed E-state index contributed by atoms with van der Waals surface area (Å²) >= 11 is 1.31. The van der Waals surface area contributed by atoms with Crippen molar-refractivity contribution < 1.29 is 13.2 Å². The quantitative estimate of drug-likeness (QED) is 0.477. The van der Waals surface area contributed by atoms with Gasteiger partial charge >= 0.3 is 6.18 Å². The lowest BCUT2D eigenvalue weighted by Crippen LogP contribution is -2.15. The number of unbranched alkanes of at least 4 members (excludes halogenated alkanes) is 2. The fourth-order valence-electron chi connectivity index (χ4n) is 1.98. The molecule has 1 rings (SSSR count). The molecular weight excluding hydrogens is 295 g/mol. The highest BCUT2D eigenvalue weighted by Gasteiger charge is 2.33. The van der Waals surface area contributed by atoms with Crippen LogP contribution in [0.15, 0.2) is 23.1 Å². The zero-order valence-corrected chi connectivity index (χ0v) is 13.5. The first-order valence-corrected chi connectivity index (χ1v) is 8.51. The monoisotopic (exact) mass is 319 g/mol. The maximum atomic E-state index is 13.2. The molecule has 0 aliphatic heterocycles. The van der Waals surface area contributed by atoms with Crippen molar-refractivity contribution in [2.24, 2.45) is 0 Å². The molecule has 0 unspecified atom stereocenters. The Balaban J connectivity index is 2.77. The van der Waals surface area contributed by atoms with E-state index in [9.17, 15) is 13.2 Å². The van der Waals surface area contributed by atoms with Gasteiger partial charge in [-0.1, -0.05) is 32.8 Å². The van der Waals surface area contributed by atoms with Gasteiger partial charge in [0.25, 0.3) is 0 Å². The van der Waals surface area contributed by atoms with Crippen LogP contribution in [0, 0.1) is 0 Å². The summed E-state index contributed by atoms with van der Waals surface area (Å²) in [6.07, 6.45) is -0.217. The first kappa shape index (κ1) is 18.4. The Bertz CT molecular complexity index is 418. The summed E-state index contributed by atoms with van der Waals surface area (Å²) < 4.78 is 39.5. The first-order valence-electron chi connectivity index (χ1n) is 7.52. The van der Waals surface area contributed by atoms with Crippen LogP contribution in [0.5, 0.6) is 0 Å². The number of benzene rings is 1. The smallest absolute Gasteiger partial charge is 0.313 e. The summed E-state index contributed by atoms with van der Waals surface area (Å²) in [6, 6.07) is 4.69. The highest BCUT2D eigenvalue weighted by Crippen LogP contribution is 2.37. The molecule has 0 fully saturated rings. The van der Waals surface area contributed by atoms with Gasteiger partial charge in [-0.2, -0.15) is 13.2 Å². The van der Waals surface area contributed by atoms with E-state index in [4.69, 9.17) is 0 Å². The molecular formula is C16H24F3NS. The fraction of sp³-hybridized carbons (Fsp3) is 0.625. The summed E-state index contributed by atoms with van der Waals surface area (Å²) in [5.41, 5.74) is 0.188. The average molecular weight is 319 g/mol. The van der Waals surface area contributed by atoms with E-state index in [1.807, 2.05) is 6.92 Å². The molecule has 0 aliphatic rings. The summed E-state index contributed by atoms with van der Waals surface area (Å²) in [5.74, 6) is 0.740. The second-order valence-corrected chi connectivity index (χ2v) is 6.20. The molecule has 0 aliphatic carbocycles. The van der Waals surface area contributed by atoms with Gasteiger partial charge in [-0.15, -0.1) is 11.8 Å². The average Bonchev–Trinajstić information content (AvgIpc) is 2.44. The second-order valence-electron chi connectivity index (χ2n) is 5.06. The third-order valence-corrected chi connectivity index (χ3v) is 4.27. The molecule has 1 nitrogen and oxygen atoms in total. The summed E-state index contributed by atoms with van der Waals surface area (Å²) in [5, 5.41) is 3.14. The standard InChI is InChI=1S/C16H24F3NS/c1-3-5-6-10-21-15-8-7-13(12-20-9-4-2)11-14(15)16(17,18)19/h7-8,11,20H,3-6,9-10,12H2,1-2H3. The number of rotatable bonds is 9. The van der Waals surface area contributed by atoms with E-state index < -0.39 is 11.7 Å². The van der Waals surface area contributed by atoms with Gasteiger partial charge in [-0.3, -0.25) is 0 Å². The van der Waals surface area contributed by atoms with Crippen molar-refractivity contribution in [2.75, 3.05) is 12.3 Å². The number of halogens is 3. The lowest BCUT2D eigenvalue weighted by molar-refractivity contribution is -0.139. The predicted molar refractivity (Wildman–Crippen MR) is 83.7 cm³/mol.